The average molecular weight is 380 g/mol. The van der Waals surface area contributed by atoms with Crippen molar-refractivity contribution in [2.45, 2.75) is 44.1 Å². The molecule has 2 atom stereocenters. The lowest BCUT2D eigenvalue weighted by molar-refractivity contribution is -0.137. The van der Waals surface area contributed by atoms with Crippen molar-refractivity contribution in [3.63, 3.8) is 0 Å². The highest BCUT2D eigenvalue weighted by Gasteiger charge is 2.31. The van der Waals surface area contributed by atoms with Crippen LogP contribution in [0.25, 0.3) is 10.8 Å². The number of nitrogens with zero attached hydrogens (tertiary/aromatic N) is 2. The molecule has 0 bridgehead atoms. The van der Waals surface area contributed by atoms with Gasteiger partial charge in [0.15, 0.2) is 0 Å². The van der Waals surface area contributed by atoms with Gasteiger partial charge in [0.1, 0.15) is 0 Å². The van der Waals surface area contributed by atoms with Crippen molar-refractivity contribution in [2.24, 2.45) is 0 Å². The Balaban J connectivity index is 1.35. The number of hydrogen-bond donors (Lipinski definition) is 1. The lowest BCUT2D eigenvalue weighted by atomic mass is 9.86. The Morgan fingerprint density at radius 1 is 1.07 bits per heavy atom. The van der Waals surface area contributed by atoms with E-state index in [4.69, 9.17) is 0 Å². The van der Waals surface area contributed by atoms with Crippen LogP contribution < -0.4 is 0 Å². The summed E-state index contributed by atoms with van der Waals surface area (Å²) in [5, 5.41) is 13.1. The molecule has 4 rings (SSSR count). The number of likely N-dealkylation sites (tertiary alicyclic amines) is 2. The van der Waals surface area contributed by atoms with Crippen LogP contribution in [0.15, 0.2) is 42.5 Å². The van der Waals surface area contributed by atoms with Crippen LogP contribution in [0.3, 0.4) is 0 Å². The first-order chi connectivity index (χ1) is 13.6. The molecule has 2 aliphatic rings. The summed E-state index contributed by atoms with van der Waals surface area (Å²) >= 11 is 0. The maximum absolute atomic E-state index is 12.6. The third-order valence-corrected chi connectivity index (χ3v) is 6.15. The number of amides is 2. The quantitative estimate of drug-likeness (QED) is 0.887. The molecule has 0 spiro atoms. The van der Waals surface area contributed by atoms with Gasteiger partial charge in [0.2, 0.25) is 11.8 Å². The average Bonchev–Trinajstić information content (AvgIpc) is 2.72. The van der Waals surface area contributed by atoms with Crippen molar-refractivity contribution in [1.82, 2.24) is 9.80 Å². The number of carbonyl (C=O) groups excluding carboxylic acids is 2. The molecule has 2 amide bonds. The van der Waals surface area contributed by atoms with E-state index in [-0.39, 0.29) is 17.7 Å². The summed E-state index contributed by atoms with van der Waals surface area (Å²) in [6.45, 7) is 2.28. The van der Waals surface area contributed by atoms with Gasteiger partial charge in [-0.1, -0.05) is 42.5 Å². The zero-order valence-corrected chi connectivity index (χ0v) is 16.2. The van der Waals surface area contributed by atoms with Crippen LogP contribution in [0.1, 0.15) is 43.6 Å². The molecular weight excluding hydrogens is 352 g/mol. The molecule has 28 heavy (non-hydrogen) atoms. The first kappa shape index (κ1) is 18.9. The van der Waals surface area contributed by atoms with Crippen LogP contribution in [-0.4, -0.2) is 59.0 Å². The molecule has 5 heteroatoms. The largest absolute Gasteiger partial charge is 0.391 e. The molecule has 1 N–H and O–H groups in total. The van der Waals surface area contributed by atoms with E-state index in [1.165, 1.54) is 10.8 Å². The lowest BCUT2D eigenvalue weighted by Gasteiger charge is -2.37. The summed E-state index contributed by atoms with van der Waals surface area (Å²) in [6.07, 6.45) is 3.13. The summed E-state index contributed by atoms with van der Waals surface area (Å²) in [5.41, 5.74) is 1.14. The standard InChI is InChI=1S/C23H28N2O3/c26-21-16-25(23(28)11-14-24-12-4-3-7-22(24)27)13-10-20(21)19-9-8-17-5-1-2-6-18(17)15-19/h1-2,5-6,8-9,15,20-21,26H,3-4,7,10-14,16H2/t20-,21+/m0/s1. The van der Waals surface area contributed by atoms with E-state index >= 15 is 0 Å². The van der Waals surface area contributed by atoms with Gasteiger partial charge in [-0.15, -0.1) is 0 Å². The van der Waals surface area contributed by atoms with Crippen LogP contribution in [0.2, 0.25) is 0 Å². The molecule has 0 aliphatic carbocycles. The fourth-order valence-corrected chi connectivity index (χ4v) is 4.47. The second-order valence-electron chi connectivity index (χ2n) is 8.00. The third-order valence-electron chi connectivity index (χ3n) is 6.15. The zero-order valence-electron chi connectivity index (χ0n) is 16.2. The fraction of sp³-hybridized carbons (Fsp3) is 0.478. The smallest absolute Gasteiger partial charge is 0.224 e. The molecule has 2 aliphatic heterocycles. The number of hydrogen-bond acceptors (Lipinski definition) is 3. The van der Waals surface area contributed by atoms with E-state index in [9.17, 15) is 14.7 Å². The lowest BCUT2D eigenvalue weighted by Crippen LogP contribution is -2.47. The molecular formula is C23H28N2O3. The van der Waals surface area contributed by atoms with E-state index in [1.54, 1.807) is 9.80 Å². The Bertz CT molecular complexity index is 866. The Hall–Kier alpha value is -2.40. The van der Waals surface area contributed by atoms with Crippen LogP contribution in [0.5, 0.6) is 0 Å². The molecule has 2 aromatic rings. The minimum absolute atomic E-state index is 0.0365. The van der Waals surface area contributed by atoms with Gasteiger partial charge in [-0.3, -0.25) is 9.59 Å². The minimum Gasteiger partial charge on any atom is -0.391 e. The van der Waals surface area contributed by atoms with Gasteiger partial charge in [0, 0.05) is 44.9 Å². The second-order valence-corrected chi connectivity index (χ2v) is 8.00. The van der Waals surface area contributed by atoms with Gasteiger partial charge >= 0.3 is 0 Å². The van der Waals surface area contributed by atoms with Gasteiger partial charge < -0.3 is 14.9 Å². The van der Waals surface area contributed by atoms with Crippen molar-refractivity contribution >= 4 is 22.6 Å². The van der Waals surface area contributed by atoms with Crippen molar-refractivity contribution in [1.29, 1.82) is 0 Å². The Kier molecular flexibility index (Phi) is 5.62. The summed E-state index contributed by atoms with van der Waals surface area (Å²) in [6, 6.07) is 14.6. The Morgan fingerprint density at radius 2 is 1.89 bits per heavy atom. The fourth-order valence-electron chi connectivity index (χ4n) is 4.47. The first-order valence-corrected chi connectivity index (χ1v) is 10.3. The second kappa shape index (κ2) is 8.31. The molecule has 2 fully saturated rings. The molecule has 2 heterocycles. The molecule has 0 radical (unpaired) electrons. The predicted molar refractivity (Wildman–Crippen MR) is 109 cm³/mol. The van der Waals surface area contributed by atoms with Gasteiger partial charge in [-0.05, 0) is 35.6 Å². The number of carbonyl (C=O) groups is 2. The molecule has 0 unspecified atom stereocenters. The Morgan fingerprint density at radius 3 is 2.68 bits per heavy atom. The summed E-state index contributed by atoms with van der Waals surface area (Å²) in [7, 11) is 0. The SMILES string of the molecule is O=C1CCCCN1CCC(=O)N1CC[C@@H](c2ccc3ccccc3c2)[C@H](O)C1. The third kappa shape index (κ3) is 4.04. The zero-order chi connectivity index (χ0) is 19.5. The molecule has 5 nitrogen and oxygen atoms in total. The van der Waals surface area contributed by atoms with Gasteiger partial charge in [0.25, 0.3) is 0 Å². The summed E-state index contributed by atoms with van der Waals surface area (Å²) in [4.78, 5) is 28.0. The number of rotatable bonds is 4. The summed E-state index contributed by atoms with van der Waals surface area (Å²) < 4.78 is 0. The number of fused-ring (bicyclic) bond motifs is 1. The van der Waals surface area contributed by atoms with E-state index < -0.39 is 6.10 Å². The number of β-amino-alcohol motifs (C(OH)–C–C–N with tert-alkyl or cyclic N) is 1. The highest BCUT2D eigenvalue weighted by atomic mass is 16.3. The molecule has 2 aromatic carbocycles. The maximum atomic E-state index is 12.6. The normalized spacial score (nSPS) is 23.2. The van der Waals surface area contributed by atoms with Crippen molar-refractivity contribution in [3.8, 4) is 0 Å². The van der Waals surface area contributed by atoms with E-state index in [0.29, 0.717) is 32.5 Å². The number of aliphatic hydroxyl groups is 1. The van der Waals surface area contributed by atoms with Crippen molar-refractivity contribution in [2.75, 3.05) is 26.2 Å². The van der Waals surface area contributed by atoms with E-state index in [0.717, 1.165) is 31.4 Å². The van der Waals surface area contributed by atoms with Gasteiger partial charge in [-0.25, -0.2) is 0 Å². The monoisotopic (exact) mass is 380 g/mol. The van der Waals surface area contributed by atoms with Crippen LogP contribution >= 0.6 is 0 Å². The maximum Gasteiger partial charge on any atom is 0.224 e. The predicted octanol–water partition coefficient (Wildman–Crippen LogP) is 2.92. The first-order valence-electron chi connectivity index (χ1n) is 10.3. The Labute approximate surface area is 165 Å². The van der Waals surface area contributed by atoms with Gasteiger partial charge in [-0.2, -0.15) is 0 Å². The summed E-state index contributed by atoms with van der Waals surface area (Å²) in [5.74, 6) is 0.251. The number of piperidine rings is 2. The van der Waals surface area contributed by atoms with Crippen molar-refractivity contribution < 1.29 is 14.7 Å². The van der Waals surface area contributed by atoms with Crippen LogP contribution in [0.4, 0.5) is 0 Å². The molecule has 148 valence electrons. The highest BCUT2D eigenvalue weighted by molar-refractivity contribution is 5.83. The van der Waals surface area contributed by atoms with Crippen LogP contribution in [0, 0.1) is 0 Å². The molecule has 2 saturated heterocycles. The minimum atomic E-state index is -0.560. The highest BCUT2D eigenvalue weighted by Crippen LogP contribution is 2.31. The van der Waals surface area contributed by atoms with E-state index in [2.05, 4.69) is 30.3 Å². The van der Waals surface area contributed by atoms with E-state index in [1.807, 2.05) is 12.1 Å². The molecule has 0 saturated carbocycles. The van der Waals surface area contributed by atoms with Gasteiger partial charge in [0.05, 0.1) is 6.10 Å². The number of aliphatic hydroxyl groups excluding tert-OH is 1. The molecule has 0 aromatic heterocycles. The van der Waals surface area contributed by atoms with Crippen LogP contribution in [-0.2, 0) is 9.59 Å². The van der Waals surface area contributed by atoms with Crippen molar-refractivity contribution in [3.05, 3.63) is 48.0 Å². The topological polar surface area (TPSA) is 60.9 Å². The number of benzene rings is 2.